The third-order valence-corrected chi connectivity index (χ3v) is 3.63. The van der Waals surface area contributed by atoms with Crippen molar-refractivity contribution in [1.82, 2.24) is 15.1 Å². The molecule has 0 radical (unpaired) electrons. The molecule has 2 rings (SSSR count). The van der Waals surface area contributed by atoms with Gasteiger partial charge in [-0.05, 0) is 13.8 Å². The normalized spacial score (nSPS) is 11.4. The summed E-state index contributed by atoms with van der Waals surface area (Å²) in [5.41, 5.74) is 6.52. The van der Waals surface area contributed by atoms with Gasteiger partial charge in [0.1, 0.15) is 4.90 Å². The summed E-state index contributed by atoms with van der Waals surface area (Å²) in [7, 11) is -3.80. The molecular formula is C9H11N5O3S. The Hall–Kier alpha value is -2.16. The molecule has 3 N–H and O–H groups in total. The Labute approximate surface area is 103 Å². The molecule has 0 amide bonds. The van der Waals surface area contributed by atoms with E-state index in [4.69, 9.17) is 10.3 Å². The van der Waals surface area contributed by atoms with Crippen molar-refractivity contribution in [3.63, 3.8) is 0 Å². The molecule has 0 aromatic carbocycles. The summed E-state index contributed by atoms with van der Waals surface area (Å²) in [4.78, 5) is 7.13. The monoisotopic (exact) mass is 269 g/mol. The largest absolute Gasteiger partial charge is 0.368 e. The van der Waals surface area contributed by atoms with Crippen molar-refractivity contribution in [1.29, 1.82) is 0 Å². The predicted molar refractivity (Wildman–Crippen MR) is 63.2 cm³/mol. The first kappa shape index (κ1) is 12.3. The molecule has 0 fully saturated rings. The maximum absolute atomic E-state index is 12.0. The summed E-state index contributed by atoms with van der Waals surface area (Å²) < 4.78 is 31.0. The maximum Gasteiger partial charge on any atom is 0.267 e. The van der Waals surface area contributed by atoms with E-state index >= 15 is 0 Å². The molecule has 2 heterocycles. The Morgan fingerprint density at radius 1 is 1.28 bits per heavy atom. The van der Waals surface area contributed by atoms with Crippen LogP contribution in [0.2, 0.25) is 0 Å². The lowest BCUT2D eigenvalue weighted by Gasteiger charge is -2.04. The molecule has 9 heteroatoms. The zero-order valence-electron chi connectivity index (χ0n) is 9.71. The standard InChI is InChI=1S/C9H11N5O3S/c1-5-6(2)13-17-8(5)14-18(15,16)7-3-11-9(10)12-4-7/h3-4,14H,1-2H3,(H2,10,11,12). The SMILES string of the molecule is Cc1noc(NS(=O)(=O)c2cnc(N)nc2)c1C. The van der Waals surface area contributed by atoms with E-state index in [1.165, 1.54) is 0 Å². The van der Waals surface area contributed by atoms with Crippen LogP contribution >= 0.6 is 0 Å². The number of nitrogens with two attached hydrogens (primary N) is 1. The summed E-state index contributed by atoms with van der Waals surface area (Å²) in [6, 6.07) is 0. The van der Waals surface area contributed by atoms with Gasteiger partial charge in [-0.15, -0.1) is 0 Å². The molecule has 0 spiro atoms. The molecule has 2 aromatic rings. The number of rotatable bonds is 3. The molecule has 0 aliphatic carbocycles. The Balaban J connectivity index is 2.33. The quantitative estimate of drug-likeness (QED) is 0.829. The summed E-state index contributed by atoms with van der Waals surface area (Å²) >= 11 is 0. The van der Waals surface area contributed by atoms with E-state index in [-0.39, 0.29) is 16.7 Å². The van der Waals surface area contributed by atoms with E-state index in [1.807, 2.05) is 0 Å². The van der Waals surface area contributed by atoms with Crippen LogP contribution in [0.5, 0.6) is 0 Å². The fourth-order valence-electron chi connectivity index (χ4n) is 1.16. The second-order valence-corrected chi connectivity index (χ2v) is 5.29. The van der Waals surface area contributed by atoms with Crippen LogP contribution in [-0.4, -0.2) is 23.5 Å². The van der Waals surface area contributed by atoms with Crippen molar-refractivity contribution in [2.45, 2.75) is 18.7 Å². The van der Waals surface area contributed by atoms with Crippen LogP contribution in [0, 0.1) is 13.8 Å². The zero-order valence-corrected chi connectivity index (χ0v) is 10.5. The fourth-order valence-corrected chi connectivity index (χ4v) is 2.09. The third-order valence-electron chi connectivity index (χ3n) is 2.34. The first-order chi connectivity index (χ1) is 8.40. The van der Waals surface area contributed by atoms with Crippen LogP contribution in [0.3, 0.4) is 0 Å². The van der Waals surface area contributed by atoms with Gasteiger partial charge >= 0.3 is 0 Å². The third kappa shape index (κ3) is 2.25. The van der Waals surface area contributed by atoms with Crippen molar-refractivity contribution in [3.8, 4) is 0 Å². The molecule has 18 heavy (non-hydrogen) atoms. The van der Waals surface area contributed by atoms with E-state index in [1.54, 1.807) is 13.8 Å². The van der Waals surface area contributed by atoms with Gasteiger partial charge in [-0.25, -0.2) is 23.1 Å². The number of aromatic nitrogens is 3. The van der Waals surface area contributed by atoms with Gasteiger partial charge < -0.3 is 10.3 Å². The van der Waals surface area contributed by atoms with Gasteiger partial charge in [-0.2, -0.15) is 0 Å². The van der Waals surface area contributed by atoms with Crippen LogP contribution in [-0.2, 0) is 10.0 Å². The fraction of sp³-hybridized carbons (Fsp3) is 0.222. The molecule has 0 atom stereocenters. The minimum atomic E-state index is -3.80. The molecule has 0 saturated heterocycles. The van der Waals surface area contributed by atoms with Gasteiger partial charge in [0.2, 0.25) is 11.8 Å². The zero-order chi connectivity index (χ0) is 13.3. The summed E-state index contributed by atoms with van der Waals surface area (Å²) in [6.07, 6.45) is 2.23. The highest BCUT2D eigenvalue weighted by atomic mass is 32.2. The van der Waals surface area contributed by atoms with Crippen molar-refractivity contribution >= 4 is 21.9 Å². The summed E-state index contributed by atoms with van der Waals surface area (Å²) in [5.74, 6) is 0.0740. The van der Waals surface area contributed by atoms with Gasteiger partial charge in [-0.1, -0.05) is 5.16 Å². The first-order valence-corrected chi connectivity index (χ1v) is 6.41. The number of nitrogens with one attached hydrogen (secondary N) is 1. The second-order valence-electron chi connectivity index (χ2n) is 3.60. The molecule has 0 bridgehead atoms. The number of hydrogen-bond acceptors (Lipinski definition) is 7. The Morgan fingerprint density at radius 3 is 2.39 bits per heavy atom. The van der Waals surface area contributed by atoms with Gasteiger partial charge in [-0.3, -0.25) is 0 Å². The number of hydrogen-bond donors (Lipinski definition) is 2. The smallest absolute Gasteiger partial charge is 0.267 e. The van der Waals surface area contributed by atoms with Gasteiger partial charge in [0.05, 0.1) is 18.1 Å². The maximum atomic E-state index is 12.0. The molecule has 0 unspecified atom stereocenters. The minimum absolute atomic E-state index is 0.000593. The minimum Gasteiger partial charge on any atom is -0.368 e. The summed E-state index contributed by atoms with van der Waals surface area (Å²) in [6.45, 7) is 3.41. The van der Waals surface area contributed by atoms with E-state index < -0.39 is 10.0 Å². The number of sulfonamides is 1. The van der Waals surface area contributed by atoms with Crippen LogP contribution in [0.4, 0.5) is 11.8 Å². The Bertz CT molecular complexity index is 662. The highest BCUT2D eigenvalue weighted by Crippen LogP contribution is 2.21. The molecule has 0 aliphatic rings. The van der Waals surface area contributed by atoms with Crippen LogP contribution in [0.15, 0.2) is 21.8 Å². The van der Waals surface area contributed by atoms with Gasteiger partial charge in [0.15, 0.2) is 0 Å². The van der Waals surface area contributed by atoms with Crippen molar-refractivity contribution in [3.05, 3.63) is 23.7 Å². The molecule has 96 valence electrons. The molecule has 0 saturated carbocycles. The first-order valence-electron chi connectivity index (χ1n) is 4.93. The van der Waals surface area contributed by atoms with Crippen LogP contribution in [0.25, 0.3) is 0 Å². The van der Waals surface area contributed by atoms with Crippen molar-refractivity contribution in [2.24, 2.45) is 0 Å². The van der Waals surface area contributed by atoms with Crippen molar-refractivity contribution in [2.75, 3.05) is 10.5 Å². The Morgan fingerprint density at radius 2 is 1.89 bits per heavy atom. The number of nitrogen functional groups attached to an aromatic ring is 1. The number of aryl methyl sites for hydroxylation is 1. The van der Waals surface area contributed by atoms with Gasteiger partial charge in [0, 0.05) is 5.56 Å². The van der Waals surface area contributed by atoms with Crippen LogP contribution in [0.1, 0.15) is 11.3 Å². The number of anilines is 2. The van der Waals surface area contributed by atoms with E-state index in [2.05, 4.69) is 19.8 Å². The lowest BCUT2D eigenvalue weighted by Crippen LogP contribution is -2.14. The second kappa shape index (κ2) is 4.26. The topological polar surface area (TPSA) is 124 Å². The predicted octanol–water partition coefficient (Wildman–Crippen LogP) is 0.464. The van der Waals surface area contributed by atoms with E-state index in [0.29, 0.717) is 11.3 Å². The van der Waals surface area contributed by atoms with Gasteiger partial charge in [0.25, 0.3) is 10.0 Å². The van der Waals surface area contributed by atoms with E-state index in [0.717, 1.165) is 12.4 Å². The van der Waals surface area contributed by atoms with E-state index in [9.17, 15) is 8.42 Å². The van der Waals surface area contributed by atoms with Crippen LogP contribution < -0.4 is 10.5 Å². The highest BCUT2D eigenvalue weighted by molar-refractivity contribution is 7.92. The average Bonchev–Trinajstić information content (AvgIpc) is 2.61. The molecular weight excluding hydrogens is 258 g/mol. The highest BCUT2D eigenvalue weighted by Gasteiger charge is 2.19. The Kier molecular flexibility index (Phi) is 2.91. The van der Waals surface area contributed by atoms with Crippen molar-refractivity contribution < 1.29 is 12.9 Å². The number of nitrogens with zero attached hydrogens (tertiary/aromatic N) is 3. The summed E-state index contributed by atoms with van der Waals surface area (Å²) in [5, 5.41) is 3.65. The average molecular weight is 269 g/mol. The molecule has 2 aromatic heterocycles. The molecule has 0 aliphatic heterocycles. The lowest BCUT2D eigenvalue weighted by atomic mass is 10.3. The molecule has 8 nitrogen and oxygen atoms in total. The lowest BCUT2D eigenvalue weighted by molar-refractivity contribution is 0.430.